The van der Waals surface area contributed by atoms with Crippen LogP contribution in [-0.4, -0.2) is 69.7 Å². The van der Waals surface area contributed by atoms with Crippen molar-refractivity contribution < 1.29 is 8.42 Å². The highest BCUT2D eigenvalue weighted by atomic mass is 35.5. The minimum absolute atomic E-state index is 0. The van der Waals surface area contributed by atoms with Gasteiger partial charge in [0.25, 0.3) is 0 Å². The summed E-state index contributed by atoms with van der Waals surface area (Å²) in [5, 5.41) is 3.36. The minimum atomic E-state index is -3.01. The number of nitrogens with one attached hydrogen (secondary N) is 1. The molecule has 0 spiro atoms. The van der Waals surface area contributed by atoms with Gasteiger partial charge >= 0.3 is 0 Å². The van der Waals surface area contributed by atoms with E-state index in [1.165, 1.54) is 19.1 Å². The molecule has 5 nitrogen and oxygen atoms in total. The molecular weight excluding hydrogens is 298 g/mol. The Bertz CT molecular complexity index is 391. The molecule has 0 radical (unpaired) electrons. The van der Waals surface area contributed by atoms with E-state index < -0.39 is 10.0 Å². The van der Waals surface area contributed by atoms with E-state index in [1.807, 2.05) is 7.05 Å². The third-order valence-electron chi connectivity index (χ3n) is 4.38. The Kier molecular flexibility index (Phi) is 7.21. The second kappa shape index (κ2) is 7.94. The fourth-order valence-electron chi connectivity index (χ4n) is 3.30. The number of halogens is 1. The maximum Gasteiger partial charge on any atom is 0.211 e. The van der Waals surface area contributed by atoms with Crippen molar-refractivity contribution in [2.24, 2.45) is 5.92 Å². The Hall–Kier alpha value is 0.120. The minimum Gasteiger partial charge on any atom is -0.316 e. The van der Waals surface area contributed by atoms with E-state index in [1.54, 1.807) is 4.31 Å². The highest BCUT2D eigenvalue weighted by Gasteiger charge is 2.28. The van der Waals surface area contributed by atoms with Crippen molar-refractivity contribution in [3.63, 3.8) is 0 Å². The summed E-state index contributed by atoms with van der Waals surface area (Å²) < 4.78 is 24.9. The predicted molar refractivity (Wildman–Crippen MR) is 84.9 cm³/mol. The van der Waals surface area contributed by atoms with Gasteiger partial charge in [-0.15, -0.1) is 12.4 Å². The van der Waals surface area contributed by atoms with Crippen LogP contribution in [0.5, 0.6) is 0 Å². The van der Waals surface area contributed by atoms with Crippen LogP contribution in [0.15, 0.2) is 0 Å². The predicted octanol–water partition coefficient (Wildman–Crippen LogP) is 0.764. The first-order valence-corrected chi connectivity index (χ1v) is 9.18. The van der Waals surface area contributed by atoms with Crippen molar-refractivity contribution in [1.82, 2.24) is 14.5 Å². The van der Waals surface area contributed by atoms with Gasteiger partial charge in [0, 0.05) is 32.2 Å². The summed E-state index contributed by atoms with van der Waals surface area (Å²) in [5.74, 6) is 0.499. The smallest absolute Gasteiger partial charge is 0.211 e. The lowest BCUT2D eigenvalue weighted by molar-refractivity contribution is 0.141. The molecular formula is C13H28ClN3O2S. The van der Waals surface area contributed by atoms with Crippen molar-refractivity contribution in [2.75, 3.05) is 46.0 Å². The zero-order chi connectivity index (χ0) is 13.9. The Labute approximate surface area is 129 Å². The number of likely N-dealkylation sites (N-methyl/N-ethyl adjacent to an activating group) is 1. The average Bonchev–Trinajstić information content (AvgIpc) is 2.38. The molecule has 0 aromatic rings. The van der Waals surface area contributed by atoms with Crippen molar-refractivity contribution in [1.29, 1.82) is 0 Å². The molecule has 0 bridgehead atoms. The van der Waals surface area contributed by atoms with Gasteiger partial charge in [-0.05, 0) is 45.2 Å². The fraction of sp³-hybridized carbons (Fsp3) is 1.00. The van der Waals surface area contributed by atoms with Gasteiger partial charge in [0.15, 0.2) is 0 Å². The van der Waals surface area contributed by atoms with Gasteiger partial charge in [0.2, 0.25) is 10.0 Å². The molecule has 2 rings (SSSR count). The first kappa shape index (κ1) is 18.2. The van der Waals surface area contributed by atoms with Crippen molar-refractivity contribution in [3.8, 4) is 0 Å². The third kappa shape index (κ3) is 5.15. The summed E-state index contributed by atoms with van der Waals surface area (Å²) in [6.07, 6.45) is 5.99. The van der Waals surface area contributed by atoms with Crippen molar-refractivity contribution >= 4 is 22.4 Å². The SMILES string of the molecule is CNC1CCCN(CC2CCCN(S(C)(=O)=O)C2)C1.Cl. The van der Waals surface area contributed by atoms with E-state index in [9.17, 15) is 8.42 Å². The van der Waals surface area contributed by atoms with E-state index in [0.29, 0.717) is 25.0 Å². The second-order valence-electron chi connectivity index (χ2n) is 6.02. The van der Waals surface area contributed by atoms with Crippen LogP contribution in [0.25, 0.3) is 0 Å². The quantitative estimate of drug-likeness (QED) is 0.829. The Morgan fingerprint density at radius 1 is 1.15 bits per heavy atom. The topological polar surface area (TPSA) is 52.6 Å². The Morgan fingerprint density at radius 3 is 2.50 bits per heavy atom. The molecule has 2 unspecified atom stereocenters. The van der Waals surface area contributed by atoms with E-state index in [2.05, 4.69) is 10.2 Å². The van der Waals surface area contributed by atoms with Crippen LogP contribution in [0.3, 0.4) is 0 Å². The maximum absolute atomic E-state index is 11.6. The number of likely N-dealkylation sites (tertiary alicyclic amines) is 1. The highest BCUT2D eigenvalue weighted by Crippen LogP contribution is 2.21. The number of hydrogen-bond acceptors (Lipinski definition) is 4. The second-order valence-corrected chi connectivity index (χ2v) is 8.00. The van der Waals surface area contributed by atoms with E-state index in [4.69, 9.17) is 0 Å². The molecule has 0 aromatic heterocycles. The largest absolute Gasteiger partial charge is 0.316 e. The zero-order valence-corrected chi connectivity index (χ0v) is 14.2. The standard InChI is InChI=1S/C13H27N3O2S.ClH/c1-14-13-6-4-7-15(11-13)9-12-5-3-8-16(10-12)19(2,17)18;/h12-14H,3-11H2,1-2H3;1H. The van der Waals surface area contributed by atoms with Crippen molar-refractivity contribution in [2.45, 2.75) is 31.7 Å². The molecule has 2 saturated heterocycles. The van der Waals surface area contributed by atoms with E-state index in [0.717, 1.165) is 32.5 Å². The monoisotopic (exact) mass is 325 g/mol. The summed E-state index contributed by atoms with van der Waals surface area (Å²) in [5.41, 5.74) is 0. The first-order chi connectivity index (χ1) is 8.99. The molecule has 2 fully saturated rings. The van der Waals surface area contributed by atoms with Gasteiger partial charge in [-0.25, -0.2) is 12.7 Å². The van der Waals surface area contributed by atoms with E-state index in [-0.39, 0.29) is 12.4 Å². The summed E-state index contributed by atoms with van der Waals surface area (Å²) in [6.45, 7) is 4.72. The van der Waals surface area contributed by atoms with Gasteiger partial charge in [0.05, 0.1) is 6.26 Å². The van der Waals surface area contributed by atoms with Gasteiger partial charge < -0.3 is 10.2 Å². The fourth-order valence-corrected chi connectivity index (χ4v) is 4.24. The molecule has 2 aliphatic heterocycles. The molecule has 0 aliphatic carbocycles. The molecule has 0 amide bonds. The number of sulfonamides is 1. The Balaban J connectivity index is 0.00000200. The van der Waals surface area contributed by atoms with Crippen LogP contribution < -0.4 is 5.32 Å². The lowest BCUT2D eigenvalue weighted by Gasteiger charge is -2.38. The summed E-state index contributed by atoms with van der Waals surface area (Å²) in [6, 6.07) is 0.600. The molecule has 20 heavy (non-hydrogen) atoms. The van der Waals surface area contributed by atoms with Crippen LogP contribution in [0.1, 0.15) is 25.7 Å². The van der Waals surface area contributed by atoms with Crippen LogP contribution in [0.4, 0.5) is 0 Å². The van der Waals surface area contributed by atoms with Gasteiger partial charge in [-0.1, -0.05) is 0 Å². The van der Waals surface area contributed by atoms with Crippen LogP contribution in [0, 0.1) is 5.92 Å². The summed E-state index contributed by atoms with van der Waals surface area (Å²) >= 11 is 0. The summed E-state index contributed by atoms with van der Waals surface area (Å²) in [7, 11) is -0.985. The molecule has 2 heterocycles. The molecule has 1 N–H and O–H groups in total. The molecule has 2 aliphatic rings. The maximum atomic E-state index is 11.6. The van der Waals surface area contributed by atoms with Crippen LogP contribution >= 0.6 is 12.4 Å². The van der Waals surface area contributed by atoms with Gasteiger partial charge in [-0.2, -0.15) is 0 Å². The number of hydrogen-bond donors (Lipinski definition) is 1. The number of nitrogens with zero attached hydrogens (tertiary/aromatic N) is 2. The first-order valence-electron chi connectivity index (χ1n) is 7.34. The van der Waals surface area contributed by atoms with Gasteiger partial charge in [0.1, 0.15) is 0 Å². The number of rotatable bonds is 4. The lowest BCUT2D eigenvalue weighted by Crippen LogP contribution is -2.48. The highest BCUT2D eigenvalue weighted by molar-refractivity contribution is 7.88. The van der Waals surface area contributed by atoms with E-state index >= 15 is 0 Å². The zero-order valence-electron chi connectivity index (χ0n) is 12.5. The Morgan fingerprint density at radius 2 is 1.85 bits per heavy atom. The molecule has 0 aromatic carbocycles. The molecule has 7 heteroatoms. The summed E-state index contributed by atoms with van der Waals surface area (Å²) in [4.78, 5) is 2.50. The van der Waals surface area contributed by atoms with Crippen molar-refractivity contribution in [3.05, 3.63) is 0 Å². The molecule has 0 saturated carbocycles. The van der Waals surface area contributed by atoms with Gasteiger partial charge in [-0.3, -0.25) is 0 Å². The lowest BCUT2D eigenvalue weighted by atomic mass is 9.97. The van der Waals surface area contributed by atoms with Crippen LogP contribution in [-0.2, 0) is 10.0 Å². The molecule has 120 valence electrons. The normalized spacial score (nSPS) is 29.9. The van der Waals surface area contributed by atoms with Crippen LogP contribution in [0.2, 0.25) is 0 Å². The average molecular weight is 326 g/mol. The number of piperidine rings is 2. The third-order valence-corrected chi connectivity index (χ3v) is 5.65. The molecule has 2 atom stereocenters.